The quantitative estimate of drug-likeness (QED) is 0.248. The molecule has 1 aliphatic rings. The zero-order valence-electron chi connectivity index (χ0n) is 25.8. The van der Waals surface area contributed by atoms with E-state index in [0.29, 0.717) is 34.4 Å². The Balaban J connectivity index is 1.38. The molecular weight excluding hydrogens is 584 g/mol. The van der Waals surface area contributed by atoms with Gasteiger partial charge in [0, 0.05) is 49.6 Å². The van der Waals surface area contributed by atoms with Crippen LogP contribution in [0, 0.1) is 25.2 Å². The van der Waals surface area contributed by atoms with Crippen molar-refractivity contribution in [3.05, 3.63) is 94.8 Å². The number of sulfone groups is 1. The van der Waals surface area contributed by atoms with Crippen molar-refractivity contribution < 1.29 is 13.2 Å². The number of carbonyl (C=O) groups is 1. The third-order valence-electron chi connectivity index (χ3n) is 8.47. The highest BCUT2D eigenvalue weighted by molar-refractivity contribution is 7.91. The summed E-state index contributed by atoms with van der Waals surface area (Å²) >= 11 is 0. The van der Waals surface area contributed by atoms with Gasteiger partial charge in [-0.05, 0) is 85.0 Å². The second kappa shape index (κ2) is 11.9. The van der Waals surface area contributed by atoms with Crippen LogP contribution in [0.1, 0.15) is 39.0 Å². The number of rotatable bonds is 7. The lowest BCUT2D eigenvalue weighted by Gasteiger charge is -2.27. The van der Waals surface area contributed by atoms with Crippen LogP contribution in [-0.4, -0.2) is 66.3 Å². The van der Waals surface area contributed by atoms with Gasteiger partial charge in [0.25, 0.3) is 5.91 Å². The van der Waals surface area contributed by atoms with E-state index in [1.54, 1.807) is 43.6 Å². The average molecular weight is 619 g/mol. The number of nitriles is 1. The first-order valence-electron chi connectivity index (χ1n) is 14.8. The number of hydrogen-bond acceptors (Lipinski definition) is 7. The van der Waals surface area contributed by atoms with E-state index in [1.807, 2.05) is 25.1 Å². The number of fused-ring (bicyclic) bond motifs is 2. The first-order chi connectivity index (χ1) is 21.6. The average Bonchev–Trinajstić information content (AvgIpc) is 3.46. The molecule has 0 radical (unpaired) electrons. The van der Waals surface area contributed by atoms with E-state index >= 15 is 0 Å². The van der Waals surface area contributed by atoms with E-state index < -0.39 is 9.84 Å². The first-order valence-corrected chi connectivity index (χ1v) is 16.3. The monoisotopic (exact) mass is 618 g/mol. The lowest BCUT2D eigenvalue weighted by atomic mass is 9.90. The maximum atomic E-state index is 14.3. The fourth-order valence-corrected chi connectivity index (χ4v) is 7.42. The number of benzene rings is 3. The Morgan fingerprint density at radius 3 is 2.60 bits per heavy atom. The molecule has 0 spiro atoms. The first kappa shape index (κ1) is 30.2. The second-order valence-electron chi connectivity index (χ2n) is 11.7. The highest BCUT2D eigenvalue weighted by Crippen LogP contribution is 2.36. The molecule has 0 saturated carbocycles. The van der Waals surface area contributed by atoms with Gasteiger partial charge in [-0.3, -0.25) is 4.79 Å². The van der Waals surface area contributed by atoms with E-state index in [0.717, 1.165) is 36.2 Å². The smallest absolute Gasteiger partial charge is 0.253 e. The zero-order chi connectivity index (χ0) is 31.9. The molecular formula is C35H34N6O3S. The molecule has 10 heteroatoms. The fraction of sp³-hybridized carbons (Fsp3) is 0.257. The van der Waals surface area contributed by atoms with Crippen molar-refractivity contribution in [1.29, 1.82) is 5.26 Å². The predicted octanol–water partition coefficient (Wildman–Crippen LogP) is 5.72. The molecule has 0 aliphatic carbocycles. The van der Waals surface area contributed by atoms with Crippen LogP contribution in [0.3, 0.4) is 0 Å². The topological polar surface area (TPSA) is 123 Å². The highest BCUT2D eigenvalue weighted by atomic mass is 32.2. The predicted molar refractivity (Wildman–Crippen MR) is 173 cm³/mol. The lowest BCUT2D eigenvalue weighted by molar-refractivity contribution is 0.0798. The van der Waals surface area contributed by atoms with Crippen molar-refractivity contribution in [2.75, 3.05) is 27.2 Å². The highest BCUT2D eigenvalue weighted by Gasteiger charge is 2.27. The number of likely N-dealkylation sites (N-methyl/N-ethyl adjacent to an activating group) is 1. The third kappa shape index (κ3) is 5.72. The van der Waals surface area contributed by atoms with Crippen LogP contribution < -0.4 is 0 Å². The molecule has 1 aliphatic heterocycles. The summed E-state index contributed by atoms with van der Waals surface area (Å²) in [5, 5.41) is 8.69. The Labute approximate surface area is 263 Å². The van der Waals surface area contributed by atoms with Gasteiger partial charge >= 0.3 is 0 Å². The van der Waals surface area contributed by atoms with Gasteiger partial charge in [-0.15, -0.1) is 0 Å². The summed E-state index contributed by atoms with van der Waals surface area (Å²) < 4.78 is 28.6. The van der Waals surface area contributed by atoms with Crippen LogP contribution >= 0.6 is 0 Å². The summed E-state index contributed by atoms with van der Waals surface area (Å²) in [6, 6.07) is 18.8. The number of amides is 1. The van der Waals surface area contributed by atoms with Crippen molar-refractivity contribution in [2.45, 2.75) is 43.2 Å². The second-order valence-corrected chi connectivity index (χ2v) is 13.6. The minimum absolute atomic E-state index is 0.136. The molecule has 3 heterocycles. The lowest BCUT2D eigenvalue weighted by Crippen LogP contribution is -2.27. The summed E-state index contributed by atoms with van der Waals surface area (Å²) in [5.74, 6) is -0.181. The molecule has 3 aromatic carbocycles. The minimum Gasteiger partial charge on any atom is -0.344 e. The minimum atomic E-state index is -4.06. The number of aromatic nitrogens is 3. The third-order valence-corrected chi connectivity index (χ3v) is 10.1. The number of nitrogens with one attached hydrogen (secondary N) is 1. The van der Waals surface area contributed by atoms with Crippen molar-refractivity contribution >= 4 is 26.9 Å². The van der Waals surface area contributed by atoms with Crippen LogP contribution in [0.5, 0.6) is 0 Å². The molecule has 228 valence electrons. The molecule has 6 rings (SSSR count). The van der Waals surface area contributed by atoms with Crippen molar-refractivity contribution in [3.63, 3.8) is 0 Å². The Morgan fingerprint density at radius 1 is 1.07 bits per heavy atom. The number of carbonyl (C=O) groups excluding carboxylic acids is 1. The molecule has 5 aromatic rings. The van der Waals surface area contributed by atoms with Crippen LogP contribution in [-0.2, 0) is 22.8 Å². The van der Waals surface area contributed by atoms with E-state index in [2.05, 4.69) is 46.0 Å². The van der Waals surface area contributed by atoms with Crippen LogP contribution in [0.25, 0.3) is 33.4 Å². The number of H-pyrrole nitrogens is 1. The van der Waals surface area contributed by atoms with Gasteiger partial charge in [-0.25, -0.2) is 18.4 Å². The normalized spacial score (nSPS) is 13.4. The van der Waals surface area contributed by atoms with Crippen LogP contribution in [0.15, 0.2) is 76.9 Å². The van der Waals surface area contributed by atoms with Gasteiger partial charge in [0.05, 0.1) is 23.6 Å². The molecule has 1 amide bonds. The number of nitrogens with zero attached hydrogens (tertiary/aromatic N) is 5. The largest absolute Gasteiger partial charge is 0.344 e. The van der Waals surface area contributed by atoms with Crippen molar-refractivity contribution in [3.8, 4) is 28.3 Å². The maximum Gasteiger partial charge on any atom is 0.253 e. The summed E-state index contributed by atoms with van der Waals surface area (Å²) in [5.41, 5.74) is 8.86. The van der Waals surface area contributed by atoms with Crippen LogP contribution in [0.2, 0.25) is 0 Å². The number of hydrogen-bond donors (Lipinski definition) is 1. The van der Waals surface area contributed by atoms with Crippen molar-refractivity contribution in [1.82, 2.24) is 24.8 Å². The molecule has 1 N–H and O–H groups in total. The standard InChI is InChI=1S/C35H34N6O3S/c1-22-6-11-29(26-17-23(2)28-12-15-40(3)21-27(28)18-26)31(16-22)45(43,44)32-20-38-34-33(39-32)30(19-37-34)24-7-9-25(10-8-24)35(42)41(4)14-5-13-36/h6-11,16-20H,5,12,14-15,21H2,1-4H3,(H,37,38). The van der Waals surface area contributed by atoms with Gasteiger partial charge in [0.2, 0.25) is 9.84 Å². The van der Waals surface area contributed by atoms with Gasteiger partial charge in [0.15, 0.2) is 10.7 Å². The Bertz CT molecular complexity index is 2090. The molecule has 0 bridgehead atoms. The maximum absolute atomic E-state index is 14.3. The summed E-state index contributed by atoms with van der Waals surface area (Å²) in [6.45, 7) is 6.15. The zero-order valence-corrected chi connectivity index (χ0v) is 26.6. The van der Waals surface area contributed by atoms with E-state index in [1.165, 1.54) is 27.8 Å². The molecule has 0 saturated heterocycles. The summed E-state index contributed by atoms with van der Waals surface area (Å²) in [4.78, 5) is 28.9. The summed E-state index contributed by atoms with van der Waals surface area (Å²) in [7, 11) is -0.298. The molecule has 2 aromatic heterocycles. The Hall–Kier alpha value is -4.85. The van der Waals surface area contributed by atoms with Crippen molar-refractivity contribution in [2.24, 2.45) is 0 Å². The summed E-state index contributed by atoms with van der Waals surface area (Å²) in [6.07, 6.45) is 4.27. The number of aryl methyl sites for hydroxylation is 2. The van der Waals surface area contributed by atoms with Gasteiger partial charge in [-0.1, -0.05) is 30.3 Å². The van der Waals surface area contributed by atoms with Gasteiger partial charge < -0.3 is 14.8 Å². The fourth-order valence-electron chi connectivity index (χ4n) is 5.98. The molecule has 0 fully saturated rings. The molecule has 0 atom stereocenters. The van der Waals surface area contributed by atoms with E-state index in [9.17, 15) is 13.2 Å². The Kier molecular flexibility index (Phi) is 7.99. The number of aromatic amines is 1. The Morgan fingerprint density at radius 2 is 1.84 bits per heavy atom. The molecule has 45 heavy (non-hydrogen) atoms. The SMILES string of the molecule is Cc1ccc(-c2cc(C)c3c(c2)CN(C)CC3)c(S(=O)(=O)c2cnc3[nH]cc(-c4ccc(C(=O)N(C)CCC#N)cc4)c3n2)c1. The van der Waals surface area contributed by atoms with Crippen LogP contribution in [0.4, 0.5) is 0 Å². The van der Waals surface area contributed by atoms with E-state index in [-0.39, 0.29) is 22.2 Å². The van der Waals surface area contributed by atoms with E-state index in [4.69, 9.17) is 5.26 Å². The van der Waals surface area contributed by atoms with Gasteiger partial charge in [0.1, 0.15) is 5.52 Å². The molecule has 9 nitrogen and oxygen atoms in total. The molecule has 0 unspecified atom stereocenters. The van der Waals surface area contributed by atoms with Gasteiger partial charge in [-0.2, -0.15) is 5.26 Å².